The monoisotopic (exact) mass is 291 g/mol. The van der Waals surface area contributed by atoms with Gasteiger partial charge in [0.2, 0.25) is 0 Å². The Morgan fingerprint density at radius 3 is 2.33 bits per heavy atom. The van der Waals surface area contributed by atoms with Gasteiger partial charge in [-0.25, -0.2) is 0 Å². The molecule has 3 nitrogen and oxygen atoms in total. The largest absolute Gasteiger partial charge is 0.490 e. The Morgan fingerprint density at radius 2 is 1.76 bits per heavy atom. The highest BCUT2D eigenvalue weighted by atomic mass is 16.5. The van der Waals surface area contributed by atoms with Crippen LogP contribution in [0.3, 0.4) is 0 Å². The van der Waals surface area contributed by atoms with Gasteiger partial charge in [-0.1, -0.05) is 26.3 Å². The standard InChI is InChI=1S/C18H29NO2/c1-4-11-20-17-10-9-15(13-18(17)21-12-5-2)14(3)19-16-7-6-8-16/h9-10,13-14,16,19H,4-8,11-12H2,1-3H3. The minimum atomic E-state index is 0.361. The van der Waals surface area contributed by atoms with Gasteiger partial charge in [-0.3, -0.25) is 0 Å². The summed E-state index contributed by atoms with van der Waals surface area (Å²) in [5.41, 5.74) is 1.27. The maximum absolute atomic E-state index is 5.87. The average molecular weight is 291 g/mol. The van der Waals surface area contributed by atoms with Gasteiger partial charge in [0, 0.05) is 12.1 Å². The molecule has 2 rings (SSSR count). The molecule has 0 radical (unpaired) electrons. The van der Waals surface area contributed by atoms with Crippen LogP contribution in [0.5, 0.6) is 11.5 Å². The van der Waals surface area contributed by atoms with Crippen molar-refractivity contribution in [3.63, 3.8) is 0 Å². The molecule has 0 saturated heterocycles. The van der Waals surface area contributed by atoms with Gasteiger partial charge in [0.05, 0.1) is 13.2 Å². The van der Waals surface area contributed by atoms with Gasteiger partial charge >= 0.3 is 0 Å². The number of hydrogen-bond acceptors (Lipinski definition) is 3. The maximum atomic E-state index is 5.87. The Kier molecular flexibility index (Phi) is 6.37. The predicted molar refractivity (Wildman–Crippen MR) is 87.2 cm³/mol. The van der Waals surface area contributed by atoms with E-state index in [0.717, 1.165) is 37.6 Å². The Bertz CT molecular complexity index is 429. The van der Waals surface area contributed by atoms with Crippen LogP contribution >= 0.6 is 0 Å². The van der Waals surface area contributed by atoms with E-state index >= 15 is 0 Å². The molecule has 118 valence electrons. The molecule has 1 aromatic rings. The third-order valence-corrected chi connectivity index (χ3v) is 3.98. The second-order valence-corrected chi connectivity index (χ2v) is 5.92. The molecule has 0 aromatic heterocycles. The number of ether oxygens (including phenoxy) is 2. The SMILES string of the molecule is CCCOc1ccc(C(C)NC2CCC2)cc1OCCC. The van der Waals surface area contributed by atoms with Crippen LogP contribution in [0, 0.1) is 0 Å². The summed E-state index contributed by atoms with van der Waals surface area (Å²) in [7, 11) is 0. The van der Waals surface area contributed by atoms with Crippen molar-refractivity contribution in [2.24, 2.45) is 0 Å². The summed E-state index contributed by atoms with van der Waals surface area (Å²) in [5, 5.41) is 3.68. The van der Waals surface area contributed by atoms with Crippen molar-refractivity contribution < 1.29 is 9.47 Å². The van der Waals surface area contributed by atoms with E-state index in [1.54, 1.807) is 0 Å². The fourth-order valence-electron chi connectivity index (χ4n) is 2.47. The normalized spacial score (nSPS) is 16.3. The minimum Gasteiger partial charge on any atom is -0.490 e. The molecule has 0 aliphatic heterocycles. The van der Waals surface area contributed by atoms with Crippen LogP contribution in [0.15, 0.2) is 18.2 Å². The van der Waals surface area contributed by atoms with Crippen LogP contribution in [0.1, 0.15) is 64.5 Å². The molecule has 1 aliphatic carbocycles. The fraction of sp³-hybridized carbons (Fsp3) is 0.667. The Balaban J connectivity index is 2.06. The van der Waals surface area contributed by atoms with E-state index in [0.29, 0.717) is 12.1 Å². The molecule has 1 aliphatic rings. The first-order valence-electron chi connectivity index (χ1n) is 8.40. The van der Waals surface area contributed by atoms with Crippen LogP contribution in [0.25, 0.3) is 0 Å². The zero-order chi connectivity index (χ0) is 15.1. The Labute approximate surface area is 129 Å². The lowest BCUT2D eigenvalue weighted by molar-refractivity contribution is 0.267. The first-order valence-corrected chi connectivity index (χ1v) is 8.40. The summed E-state index contributed by atoms with van der Waals surface area (Å²) < 4.78 is 11.7. The van der Waals surface area contributed by atoms with Gasteiger partial charge in [0.15, 0.2) is 11.5 Å². The molecule has 1 saturated carbocycles. The molecule has 0 bridgehead atoms. The summed E-state index contributed by atoms with van der Waals surface area (Å²) in [6, 6.07) is 7.39. The highest BCUT2D eigenvalue weighted by Gasteiger charge is 2.20. The van der Waals surface area contributed by atoms with Crippen LogP contribution < -0.4 is 14.8 Å². The smallest absolute Gasteiger partial charge is 0.161 e. The van der Waals surface area contributed by atoms with Crippen molar-refractivity contribution >= 4 is 0 Å². The van der Waals surface area contributed by atoms with Gasteiger partial charge in [-0.2, -0.15) is 0 Å². The zero-order valence-electron chi connectivity index (χ0n) is 13.7. The van der Waals surface area contributed by atoms with E-state index in [-0.39, 0.29) is 0 Å². The van der Waals surface area contributed by atoms with Crippen LogP contribution in [0.4, 0.5) is 0 Å². The average Bonchev–Trinajstić information content (AvgIpc) is 2.46. The first kappa shape index (κ1) is 16.2. The summed E-state index contributed by atoms with van der Waals surface area (Å²) in [6.07, 6.45) is 5.99. The lowest BCUT2D eigenvalue weighted by Gasteiger charge is -2.30. The second kappa shape index (κ2) is 8.28. The zero-order valence-corrected chi connectivity index (χ0v) is 13.7. The fourth-order valence-corrected chi connectivity index (χ4v) is 2.47. The highest BCUT2D eigenvalue weighted by molar-refractivity contribution is 5.44. The number of hydrogen-bond donors (Lipinski definition) is 1. The molecule has 0 spiro atoms. The lowest BCUT2D eigenvalue weighted by atomic mass is 9.92. The van der Waals surface area contributed by atoms with Crippen molar-refractivity contribution in [2.45, 2.75) is 65.0 Å². The molecule has 21 heavy (non-hydrogen) atoms. The molecule has 0 amide bonds. The van der Waals surface area contributed by atoms with Crippen molar-refractivity contribution in [1.82, 2.24) is 5.32 Å². The van der Waals surface area contributed by atoms with E-state index in [1.807, 2.05) is 0 Å². The first-order chi connectivity index (χ1) is 10.2. The molecule has 0 heterocycles. The molecule has 1 fully saturated rings. The summed E-state index contributed by atoms with van der Waals surface area (Å²) >= 11 is 0. The number of nitrogens with one attached hydrogen (secondary N) is 1. The topological polar surface area (TPSA) is 30.5 Å². The number of benzene rings is 1. The molecule has 1 atom stereocenters. The van der Waals surface area contributed by atoms with Crippen molar-refractivity contribution in [3.05, 3.63) is 23.8 Å². The molecule has 1 N–H and O–H groups in total. The van der Waals surface area contributed by atoms with Crippen LogP contribution in [-0.4, -0.2) is 19.3 Å². The van der Waals surface area contributed by atoms with Crippen molar-refractivity contribution in [2.75, 3.05) is 13.2 Å². The summed E-state index contributed by atoms with van der Waals surface area (Å²) in [4.78, 5) is 0. The van der Waals surface area contributed by atoms with Gasteiger partial charge in [-0.15, -0.1) is 0 Å². The predicted octanol–water partition coefficient (Wildman–Crippen LogP) is 4.47. The molecule has 1 aromatic carbocycles. The maximum Gasteiger partial charge on any atom is 0.161 e. The van der Waals surface area contributed by atoms with E-state index < -0.39 is 0 Å². The van der Waals surface area contributed by atoms with Crippen LogP contribution in [0.2, 0.25) is 0 Å². The lowest BCUT2D eigenvalue weighted by Crippen LogP contribution is -2.36. The Morgan fingerprint density at radius 1 is 1.10 bits per heavy atom. The van der Waals surface area contributed by atoms with Crippen molar-refractivity contribution in [1.29, 1.82) is 0 Å². The highest BCUT2D eigenvalue weighted by Crippen LogP contribution is 2.32. The van der Waals surface area contributed by atoms with Gasteiger partial charge in [-0.05, 0) is 50.3 Å². The molecule has 3 heteroatoms. The summed E-state index contributed by atoms with van der Waals surface area (Å²) in [5.74, 6) is 1.75. The molecular weight excluding hydrogens is 262 g/mol. The van der Waals surface area contributed by atoms with E-state index in [2.05, 4.69) is 44.3 Å². The van der Waals surface area contributed by atoms with Gasteiger partial charge < -0.3 is 14.8 Å². The quantitative estimate of drug-likeness (QED) is 0.728. The minimum absolute atomic E-state index is 0.361. The van der Waals surface area contributed by atoms with Gasteiger partial charge in [0.25, 0.3) is 0 Å². The van der Waals surface area contributed by atoms with E-state index in [9.17, 15) is 0 Å². The summed E-state index contributed by atoms with van der Waals surface area (Å²) in [6.45, 7) is 7.93. The molecular formula is C18H29NO2. The van der Waals surface area contributed by atoms with Crippen molar-refractivity contribution in [3.8, 4) is 11.5 Å². The Hall–Kier alpha value is -1.22. The van der Waals surface area contributed by atoms with Gasteiger partial charge in [0.1, 0.15) is 0 Å². The number of rotatable bonds is 9. The van der Waals surface area contributed by atoms with Crippen LogP contribution in [-0.2, 0) is 0 Å². The molecule has 1 unspecified atom stereocenters. The third kappa shape index (κ3) is 4.63. The van der Waals surface area contributed by atoms with E-state index in [4.69, 9.17) is 9.47 Å². The second-order valence-electron chi connectivity index (χ2n) is 5.92. The third-order valence-electron chi connectivity index (χ3n) is 3.98. The van der Waals surface area contributed by atoms with E-state index in [1.165, 1.54) is 24.8 Å².